The second-order valence-electron chi connectivity index (χ2n) is 9.82. The molecule has 8 nitrogen and oxygen atoms in total. The Kier molecular flexibility index (Phi) is 6.18. The lowest BCUT2D eigenvalue weighted by Gasteiger charge is -2.38. The highest BCUT2D eigenvalue weighted by molar-refractivity contribution is 5.96. The summed E-state index contributed by atoms with van der Waals surface area (Å²) in [5.74, 6) is 0.770. The minimum absolute atomic E-state index is 0. The average Bonchev–Trinajstić information content (AvgIpc) is 3.35. The van der Waals surface area contributed by atoms with E-state index in [4.69, 9.17) is 24.2 Å². The molecule has 1 aromatic carbocycles. The Morgan fingerprint density at radius 2 is 1.91 bits per heavy atom. The Hall–Kier alpha value is -2.94. The fraction of sp³-hybridized carbons (Fsp3) is 0.481. The number of nitrogens with one attached hydrogen (secondary N) is 1. The molecular weight excluding hydrogens is 442 g/mol. The predicted octanol–water partition coefficient (Wildman–Crippen LogP) is 3.20. The van der Waals surface area contributed by atoms with Gasteiger partial charge in [0.1, 0.15) is 12.4 Å². The van der Waals surface area contributed by atoms with Crippen LogP contribution in [0.25, 0.3) is 22.3 Å². The van der Waals surface area contributed by atoms with Crippen LogP contribution < -0.4 is 19.9 Å². The Balaban J connectivity index is 0.00000267. The van der Waals surface area contributed by atoms with Crippen LogP contribution in [-0.4, -0.2) is 82.8 Å². The highest BCUT2D eigenvalue weighted by Crippen LogP contribution is 2.42. The number of morpholine rings is 1. The number of nitrogens with zero attached hydrogens (tertiary/aromatic N) is 4. The third-order valence-corrected chi connectivity index (χ3v) is 7.36. The predicted molar refractivity (Wildman–Crippen MR) is 140 cm³/mol. The number of pyridine rings is 2. The van der Waals surface area contributed by atoms with Crippen molar-refractivity contribution in [2.75, 3.05) is 82.6 Å². The zero-order chi connectivity index (χ0) is 23.7. The Bertz CT molecular complexity index is 1180. The highest BCUT2D eigenvalue weighted by Gasteiger charge is 2.44. The van der Waals surface area contributed by atoms with E-state index in [0.29, 0.717) is 12.0 Å². The molecule has 3 aliphatic heterocycles. The van der Waals surface area contributed by atoms with Crippen LogP contribution >= 0.6 is 0 Å². The molecule has 1 spiro atoms. The summed E-state index contributed by atoms with van der Waals surface area (Å²) in [7, 11) is 1.92. The van der Waals surface area contributed by atoms with Crippen molar-refractivity contribution in [3.05, 3.63) is 42.6 Å². The molecule has 3 fully saturated rings. The van der Waals surface area contributed by atoms with Gasteiger partial charge in [-0.25, -0.2) is 4.98 Å². The second-order valence-corrected chi connectivity index (χ2v) is 9.82. The molecular formula is C27H35N5O3. The first-order valence-corrected chi connectivity index (χ1v) is 12.6. The average molecular weight is 478 g/mol. The lowest BCUT2D eigenvalue weighted by atomic mass is 9.85. The van der Waals surface area contributed by atoms with Gasteiger partial charge in [-0.15, -0.1) is 0 Å². The number of ether oxygens (including phenoxy) is 3. The van der Waals surface area contributed by atoms with E-state index in [1.54, 1.807) is 6.20 Å². The summed E-state index contributed by atoms with van der Waals surface area (Å²) in [5.41, 5.74) is 5.49. The van der Waals surface area contributed by atoms with Crippen molar-refractivity contribution < 1.29 is 15.6 Å². The molecule has 3 aliphatic rings. The van der Waals surface area contributed by atoms with E-state index in [0.717, 1.165) is 81.8 Å². The lowest BCUT2D eigenvalue weighted by molar-refractivity contribution is -0.0985. The van der Waals surface area contributed by atoms with Gasteiger partial charge in [0.25, 0.3) is 0 Å². The molecule has 0 atom stereocenters. The fourth-order valence-electron chi connectivity index (χ4n) is 5.26. The minimum atomic E-state index is 0. The monoisotopic (exact) mass is 477 g/mol. The molecule has 0 amide bonds. The normalized spacial score (nSPS) is 19.3. The standard InChI is InChI=1S/C27H33N5O3.H2/c1-28-7-11-35-21-3-5-23(29-16-21)25-15-26(32-8-6-27(17-32)18-34-19-27)22-4-2-20(14-24(22)30-25)31-9-12-33-13-10-31;/h2-5,14-16,28H,6-13,17-19H2,1H3;1H. The maximum absolute atomic E-state index is 5.76. The molecule has 35 heavy (non-hydrogen) atoms. The first-order valence-electron chi connectivity index (χ1n) is 12.6. The maximum Gasteiger partial charge on any atom is 0.137 e. The largest absolute Gasteiger partial charge is 0.491 e. The van der Waals surface area contributed by atoms with Crippen molar-refractivity contribution in [3.63, 3.8) is 0 Å². The van der Waals surface area contributed by atoms with Crippen molar-refractivity contribution in [2.45, 2.75) is 6.42 Å². The molecule has 2 aromatic heterocycles. The molecule has 0 aliphatic carbocycles. The van der Waals surface area contributed by atoms with E-state index in [9.17, 15) is 0 Å². The van der Waals surface area contributed by atoms with Gasteiger partial charge in [-0.2, -0.15) is 0 Å². The fourth-order valence-corrected chi connectivity index (χ4v) is 5.26. The second kappa shape index (κ2) is 9.60. The van der Waals surface area contributed by atoms with Gasteiger partial charge in [-0.05, 0) is 49.9 Å². The van der Waals surface area contributed by atoms with Crippen LogP contribution in [0.3, 0.4) is 0 Å². The van der Waals surface area contributed by atoms with Crippen molar-refractivity contribution in [1.29, 1.82) is 0 Å². The van der Waals surface area contributed by atoms with E-state index >= 15 is 0 Å². The van der Waals surface area contributed by atoms with Crippen molar-refractivity contribution in [3.8, 4) is 17.1 Å². The van der Waals surface area contributed by atoms with E-state index in [1.165, 1.54) is 23.2 Å². The van der Waals surface area contributed by atoms with E-state index in [-0.39, 0.29) is 1.43 Å². The maximum atomic E-state index is 5.76. The first kappa shape index (κ1) is 22.5. The molecule has 1 N–H and O–H groups in total. The van der Waals surface area contributed by atoms with Gasteiger partial charge in [0, 0.05) is 56.3 Å². The zero-order valence-corrected chi connectivity index (χ0v) is 20.3. The van der Waals surface area contributed by atoms with Crippen LogP contribution in [0.1, 0.15) is 7.85 Å². The SMILES string of the molecule is CNCCOc1ccc(-c2cc(N3CCC4(COC4)C3)c3ccc(N4CCOCC4)cc3n2)nc1.[HH]. The van der Waals surface area contributed by atoms with Gasteiger partial charge in [0.15, 0.2) is 0 Å². The molecule has 0 radical (unpaired) electrons. The molecule has 8 heteroatoms. The summed E-state index contributed by atoms with van der Waals surface area (Å²) in [6, 6.07) is 12.9. The summed E-state index contributed by atoms with van der Waals surface area (Å²) < 4.78 is 16.9. The summed E-state index contributed by atoms with van der Waals surface area (Å²) in [4.78, 5) is 14.7. The molecule has 6 rings (SSSR count). The first-order chi connectivity index (χ1) is 17.2. The van der Waals surface area contributed by atoms with E-state index in [2.05, 4.69) is 39.4 Å². The zero-order valence-electron chi connectivity index (χ0n) is 20.3. The number of rotatable bonds is 7. The van der Waals surface area contributed by atoms with Crippen LogP contribution in [0.5, 0.6) is 5.75 Å². The number of hydrogen-bond donors (Lipinski definition) is 1. The van der Waals surface area contributed by atoms with Gasteiger partial charge < -0.3 is 29.3 Å². The van der Waals surface area contributed by atoms with Crippen LogP contribution in [0.2, 0.25) is 0 Å². The molecule has 186 valence electrons. The van der Waals surface area contributed by atoms with Gasteiger partial charge in [0.05, 0.1) is 49.5 Å². The highest BCUT2D eigenvalue weighted by atomic mass is 16.5. The number of anilines is 2. The van der Waals surface area contributed by atoms with E-state index < -0.39 is 0 Å². The van der Waals surface area contributed by atoms with Gasteiger partial charge in [0.2, 0.25) is 0 Å². The molecule has 5 heterocycles. The van der Waals surface area contributed by atoms with Gasteiger partial charge in [-0.1, -0.05) is 0 Å². The summed E-state index contributed by atoms with van der Waals surface area (Å²) in [6.45, 7) is 8.57. The Labute approximate surface area is 207 Å². The molecule has 0 bridgehead atoms. The third-order valence-electron chi connectivity index (χ3n) is 7.36. The smallest absolute Gasteiger partial charge is 0.137 e. The number of fused-ring (bicyclic) bond motifs is 1. The summed E-state index contributed by atoms with van der Waals surface area (Å²) >= 11 is 0. The Morgan fingerprint density at radius 3 is 2.63 bits per heavy atom. The van der Waals surface area contributed by atoms with Crippen LogP contribution in [0.4, 0.5) is 11.4 Å². The minimum Gasteiger partial charge on any atom is -0.491 e. The quantitative estimate of drug-likeness (QED) is 0.520. The summed E-state index contributed by atoms with van der Waals surface area (Å²) in [6.07, 6.45) is 2.96. The molecule has 3 aromatic rings. The number of hydrogen-bond acceptors (Lipinski definition) is 8. The number of aromatic nitrogens is 2. The Morgan fingerprint density at radius 1 is 1.03 bits per heavy atom. The van der Waals surface area contributed by atoms with Gasteiger partial charge in [-0.3, -0.25) is 4.98 Å². The molecule has 0 unspecified atom stereocenters. The van der Waals surface area contributed by atoms with Crippen LogP contribution in [0.15, 0.2) is 42.6 Å². The lowest BCUT2D eigenvalue weighted by Crippen LogP contribution is -2.44. The third kappa shape index (κ3) is 4.53. The number of likely N-dealkylation sites (N-methyl/N-ethyl adjacent to an activating group) is 1. The van der Waals surface area contributed by atoms with Crippen molar-refractivity contribution in [1.82, 2.24) is 15.3 Å². The van der Waals surface area contributed by atoms with Gasteiger partial charge >= 0.3 is 0 Å². The molecule has 0 saturated carbocycles. The van der Waals surface area contributed by atoms with E-state index in [1.807, 2.05) is 19.2 Å². The number of benzene rings is 1. The van der Waals surface area contributed by atoms with Crippen molar-refractivity contribution >= 4 is 22.3 Å². The van der Waals surface area contributed by atoms with Crippen molar-refractivity contribution in [2.24, 2.45) is 5.41 Å². The van der Waals surface area contributed by atoms with Crippen LogP contribution in [-0.2, 0) is 9.47 Å². The topological polar surface area (TPSA) is 72.0 Å². The van der Waals surface area contributed by atoms with Crippen LogP contribution in [0, 0.1) is 5.41 Å². The molecule has 3 saturated heterocycles. The summed E-state index contributed by atoms with van der Waals surface area (Å²) in [5, 5.41) is 4.28.